The van der Waals surface area contributed by atoms with Crippen LogP contribution in [-0.2, 0) is 0 Å². The number of benzene rings is 7. The summed E-state index contributed by atoms with van der Waals surface area (Å²) in [4.78, 5) is 5.48. The van der Waals surface area contributed by atoms with Gasteiger partial charge in [0.15, 0.2) is 0 Å². The predicted octanol–water partition coefficient (Wildman–Crippen LogP) is 11.8. The highest BCUT2D eigenvalue weighted by molar-refractivity contribution is 7.26. The lowest BCUT2D eigenvalue weighted by Gasteiger charge is -2.25. The van der Waals surface area contributed by atoms with E-state index in [2.05, 4.69) is 184 Å². The summed E-state index contributed by atoms with van der Waals surface area (Å²) in [5.41, 5.74) is 9.10. The molecule has 1 unspecified atom stereocenters. The Morgan fingerprint density at radius 2 is 1.08 bits per heavy atom. The van der Waals surface area contributed by atoms with Gasteiger partial charge in [0.2, 0.25) is 5.96 Å². The number of rotatable bonds is 3. The van der Waals surface area contributed by atoms with Gasteiger partial charge in [-0.1, -0.05) is 121 Å². The van der Waals surface area contributed by atoms with Crippen LogP contribution in [-0.4, -0.2) is 15.1 Å². The van der Waals surface area contributed by atoms with Crippen LogP contribution in [0.2, 0.25) is 0 Å². The van der Waals surface area contributed by atoms with Gasteiger partial charge in [-0.2, -0.15) is 0 Å². The van der Waals surface area contributed by atoms with E-state index < -0.39 is 0 Å². The number of fused-ring (bicyclic) bond motifs is 9. The number of para-hydroxylation sites is 3. The van der Waals surface area contributed by atoms with Gasteiger partial charge < -0.3 is 9.88 Å². The van der Waals surface area contributed by atoms with Crippen molar-refractivity contribution in [3.05, 3.63) is 181 Å². The van der Waals surface area contributed by atoms with Crippen LogP contribution in [0.15, 0.2) is 175 Å². The third-order valence-corrected chi connectivity index (χ3v) is 11.6. The molecule has 0 fully saturated rings. The van der Waals surface area contributed by atoms with Crippen molar-refractivity contribution in [2.75, 3.05) is 0 Å². The van der Waals surface area contributed by atoms with E-state index >= 15 is 0 Å². The van der Waals surface area contributed by atoms with Gasteiger partial charge in [-0.15, -0.1) is 11.3 Å². The maximum Gasteiger partial charge on any atom is 0.209 e. The molecule has 51 heavy (non-hydrogen) atoms. The minimum absolute atomic E-state index is 0.0635. The van der Waals surface area contributed by atoms with Crippen molar-refractivity contribution in [2.45, 2.75) is 6.04 Å². The van der Waals surface area contributed by atoms with E-state index in [1.165, 1.54) is 58.3 Å². The third kappa shape index (κ3) is 4.28. The Labute approximate surface area is 297 Å². The monoisotopic (exact) mass is 670 g/mol. The fraction of sp³-hybridized carbons (Fsp3) is 0.0217. The van der Waals surface area contributed by atoms with Crippen LogP contribution in [0.1, 0.15) is 17.2 Å². The molecule has 0 amide bonds. The summed E-state index contributed by atoms with van der Waals surface area (Å²) in [6, 6.07) is 58.9. The Hall–Kier alpha value is -6.43. The van der Waals surface area contributed by atoms with Gasteiger partial charge in [0, 0.05) is 53.0 Å². The first kappa shape index (κ1) is 28.4. The molecule has 0 bridgehead atoms. The highest BCUT2D eigenvalue weighted by atomic mass is 32.1. The largest absolute Gasteiger partial charge is 0.345 e. The maximum absolute atomic E-state index is 5.48. The lowest BCUT2D eigenvalue weighted by Crippen LogP contribution is -2.35. The van der Waals surface area contributed by atoms with Crippen molar-refractivity contribution in [1.29, 1.82) is 0 Å². The summed E-state index contributed by atoms with van der Waals surface area (Å²) in [6.07, 6.45) is 2.28. The highest BCUT2D eigenvalue weighted by Gasteiger charge is 2.25. The van der Waals surface area contributed by atoms with E-state index in [0.29, 0.717) is 0 Å². The Bertz CT molecular complexity index is 3010. The standard InChI is InChI=1S/C46H30N4S/c1-2-13-29(14-3-1)38-28-39(36-20-12-19-35-34-18-7-11-24-44(34)51-45(35)36)48-46(47-38)50-42-23-10-6-17-33(42)37-27-30(25-26-43(37)50)49-40-21-8-4-15-31(40)32-16-5-9-22-41(32)49/h1-28,38H,(H,47,48). The molecule has 1 aliphatic heterocycles. The summed E-state index contributed by atoms with van der Waals surface area (Å²) in [5, 5.41) is 11.3. The van der Waals surface area contributed by atoms with Gasteiger partial charge in [-0.05, 0) is 54.1 Å². The Morgan fingerprint density at radius 3 is 1.82 bits per heavy atom. The van der Waals surface area contributed by atoms with Crippen LogP contribution < -0.4 is 5.32 Å². The number of nitrogens with zero attached hydrogens (tertiary/aromatic N) is 3. The van der Waals surface area contributed by atoms with Crippen LogP contribution in [0.4, 0.5) is 0 Å². The molecule has 3 aromatic heterocycles. The van der Waals surface area contributed by atoms with E-state index in [1.54, 1.807) is 0 Å². The first-order valence-corrected chi connectivity index (χ1v) is 18.2. The number of aromatic nitrogens is 2. The Morgan fingerprint density at radius 1 is 0.490 bits per heavy atom. The molecule has 10 aromatic rings. The Balaban J connectivity index is 1.15. The number of hydrogen-bond acceptors (Lipinski definition) is 3. The van der Waals surface area contributed by atoms with Crippen LogP contribution in [0.25, 0.3) is 75.2 Å². The molecule has 0 spiro atoms. The average molecular weight is 671 g/mol. The second kappa shape index (κ2) is 11.0. The summed E-state index contributed by atoms with van der Waals surface area (Å²) in [6.45, 7) is 0. The normalized spacial score (nSPS) is 14.9. The fourth-order valence-electron chi connectivity index (χ4n) is 8.10. The minimum atomic E-state index is -0.0635. The molecule has 1 aliphatic rings. The molecule has 0 aliphatic carbocycles. The van der Waals surface area contributed by atoms with Gasteiger partial charge in [0.05, 0.1) is 33.8 Å². The van der Waals surface area contributed by atoms with E-state index in [0.717, 1.165) is 33.9 Å². The number of hydrogen-bond donors (Lipinski definition) is 1. The zero-order valence-electron chi connectivity index (χ0n) is 27.5. The zero-order chi connectivity index (χ0) is 33.5. The summed E-state index contributed by atoms with van der Waals surface area (Å²) < 4.78 is 7.26. The molecular formula is C46H30N4S. The third-order valence-electron chi connectivity index (χ3n) is 10.4. The molecule has 0 saturated heterocycles. The molecule has 4 heterocycles. The summed E-state index contributed by atoms with van der Waals surface area (Å²) >= 11 is 1.84. The number of aliphatic imine (C=N–C) groups is 1. The van der Waals surface area contributed by atoms with E-state index in [4.69, 9.17) is 4.99 Å². The summed E-state index contributed by atoms with van der Waals surface area (Å²) in [5.74, 6) is 0.815. The topological polar surface area (TPSA) is 34.2 Å². The highest BCUT2D eigenvalue weighted by Crippen LogP contribution is 2.41. The van der Waals surface area contributed by atoms with Crippen molar-refractivity contribution in [3.8, 4) is 5.69 Å². The van der Waals surface area contributed by atoms with Crippen molar-refractivity contribution in [1.82, 2.24) is 14.5 Å². The molecule has 0 saturated carbocycles. The molecule has 11 rings (SSSR count). The second-order valence-corrected chi connectivity index (χ2v) is 14.3. The minimum Gasteiger partial charge on any atom is -0.345 e. The quantitative estimate of drug-likeness (QED) is 0.199. The zero-order valence-corrected chi connectivity index (χ0v) is 28.3. The summed E-state index contributed by atoms with van der Waals surface area (Å²) in [7, 11) is 0. The van der Waals surface area contributed by atoms with Gasteiger partial charge >= 0.3 is 0 Å². The van der Waals surface area contributed by atoms with E-state index in [-0.39, 0.29) is 6.04 Å². The van der Waals surface area contributed by atoms with Crippen LogP contribution >= 0.6 is 11.3 Å². The molecular weight excluding hydrogens is 641 g/mol. The molecule has 0 radical (unpaired) electrons. The van der Waals surface area contributed by atoms with Crippen LogP contribution in [0, 0.1) is 0 Å². The van der Waals surface area contributed by atoms with Gasteiger partial charge in [-0.25, -0.2) is 4.99 Å². The first-order chi connectivity index (χ1) is 25.3. The molecule has 240 valence electrons. The van der Waals surface area contributed by atoms with Crippen molar-refractivity contribution >= 4 is 86.8 Å². The molecule has 5 heteroatoms. The predicted molar refractivity (Wildman–Crippen MR) is 216 cm³/mol. The number of thiophene rings is 1. The Kier molecular flexibility index (Phi) is 6.15. The van der Waals surface area contributed by atoms with Gasteiger partial charge in [0.1, 0.15) is 0 Å². The molecule has 1 atom stereocenters. The lowest BCUT2D eigenvalue weighted by molar-refractivity contribution is 0.761. The molecule has 1 N–H and O–H groups in total. The molecule has 7 aromatic carbocycles. The average Bonchev–Trinajstić information content (AvgIpc) is 3.86. The van der Waals surface area contributed by atoms with E-state index in [1.807, 2.05) is 11.3 Å². The lowest BCUT2D eigenvalue weighted by atomic mass is 10.0. The number of nitrogens with one attached hydrogen (secondary N) is 1. The van der Waals surface area contributed by atoms with Crippen LogP contribution in [0.3, 0.4) is 0 Å². The SMILES string of the molecule is C1=C(c2cccc3c2sc2ccccc23)N=C(n2c3ccccc3c3cc(-n4c5ccccc5c5ccccc54)ccc32)NC1c1ccccc1. The van der Waals surface area contributed by atoms with Gasteiger partial charge in [0.25, 0.3) is 0 Å². The second-order valence-electron chi connectivity index (χ2n) is 13.2. The van der Waals surface area contributed by atoms with Gasteiger partial charge in [-0.3, -0.25) is 4.57 Å². The van der Waals surface area contributed by atoms with Crippen molar-refractivity contribution in [3.63, 3.8) is 0 Å². The smallest absolute Gasteiger partial charge is 0.209 e. The fourth-order valence-corrected chi connectivity index (χ4v) is 9.33. The maximum atomic E-state index is 5.48. The van der Waals surface area contributed by atoms with Crippen LogP contribution in [0.5, 0.6) is 0 Å². The first-order valence-electron chi connectivity index (χ1n) is 17.3. The molecule has 4 nitrogen and oxygen atoms in total. The van der Waals surface area contributed by atoms with Crippen molar-refractivity contribution < 1.29 is 0 Å². The van der Waals surface area contributed by atoms with Crippen molar-refractivity contribution in [2.24, 2.45) is 4.99 Å². The van der Waals surface area contributed by atoms with E-state index in [9.17, 15) is 0 Å².